The zero-order valence-electron chi connectivity index (χ0n) is 18.0. The lowest BCUT2D eigenvalue weighted by molar-refractivity contribution is -0.127. The standard InChI is InChI=1S/C23H37N5O/c1-3-24-23(26-14-8-13-25-22(29)19-9-6-10-19)27-18(2)20-11-7-12-21(17-20)28-15-4-5-16-28/h7,11-12,17-19H,3-6,8-10,13-16H2,1-2H3,(H,25,29)(H2,24,26,27). The predicted molar refractivity (Wildman–Crippen MR) is 120 cm³/mol. The van der Waals surface area contributed by atoms with E-state index in [1.807, 2.05) is 0 Å². The molecule has 1 atom stereocenters. The molecule has 1 saturated carbocycles. The number of anilines is 1. The van der Waals surface area contributed by atoms with Crippen LogP contribution in [0.3, 0.4) is 0 Å². The Morgan fingerprint density at radius 3 is 2.69 bits per heavy atom. The predicted octanol–water partition coefficient (Wildman–Crippen LogP) is 3.21. The second-order valence-electron chi connectivity index (χ2n) is 8.19. The average molecular weight is 400 g/mol. The molecule has 0 spiro atoms. The number of nitrogens with one attached hydrogen (secondary N) is 3. The molecule has 3 rings (SSSR count). The molecule has 1 heterocycles. The molecule has 2 aliphatic rings. The maximum Gasteiger partial charge on any atom is 0.223 e. The highest BCUT2D eigenvalue weighted by atomic mass is 16.1. The number of hydrogen-bond donors (Lipinski definition) is 3. The van der Waals surface area contributed by atoms with Gasteiger partial charge >= 0.3 is 0 Å². The number of benzene rings is 1. The van der Waals surface area contributed by atoms with Gasteiger partial charge in [0.15, 0.2) is 5.96 Å². The first kappa shape index (κ1) is 21.5. The van der Waals surface area contributed by atoms with Crippen molar-refractivity contribution < 1.29 is 4.79 Å². The molecule has 1 aliphatic heterocycles. The molecule has 2 fully saturated rings. The van der Waals surface area contributed by atoms with E-state index in [1.165, 1.54) is 30.5 Å². The second kappa shape index (κ2) is 11.1. The normalized spacial score (nSPS) is 18.3. The topological polar surface area (TPSA) is 68.8 Å². The van der Waals surface area contributed by atoms with E-state index in [1.54, 1.807) is 0 Å². The molecule has 6 heteroatoms. The van der Waals surface area contributed by atoms with Gasteiger partial charge in [-0.2, -0.15) is 0 Å². The maximum atomic E-state index is 11.9. The van der Waals surface area contributed by atoms with Crippen molar-refractivity contribution >= 4 is 17.6 Å². The van der Waals surface area contributed by atoms with Crippen LogP contribution in [0.2, 0.25) is 0 Å². The molecule has 1 aliphatic carbocycles. The van der Waals surface area contributed by atoms with Crippen molar-refractivity contribution in [3.8, 4) is 0 Å². The van der Waals surface area contributed by atoms with Gasteiger partial charge in [0.05, 0.1) is 6.04 Å². The van der Waals surface area contributed by atoms with Crippen molar-refractivity contribution in [3.05, 3.63) is 29.8 Å². The molecule has 0 aromatic heterocycles. The van der Waals surface area contributed by atoms with Crippen LogP contribution in [0, 0.1) is 5.92 Å². The lowest BCUT2D eigenvalue weighted by Crippen LogP contribution is -2.39. The molecule has 1 saturated heterocycles. The summed E-state index contributed by atoms with van der Waals surface area (Å²) in [7, 11) is 0. The SMILES string of the molecule is CCNC(=NCCCNC(=O)C1CCC1)NC(C)c1cccc(N2CCCC2)c1. The highest BCUT2D eigenvalue weighted by Gasteiger charge is 2.24. The summed E-state index contributed by atoms with van der Waals surface area (Å²) in [6, 6.07) is 9.00. The molecule has 3 N–H and O–H groups in total. The van der Waals surface area contributed by atoms with E-state index in [-0.39, 0.29) is 17.9 Å². The maximum absolute atomic E-state index is 11.9. The summed E-state index contributed by atoms with van der Waals surface area (Å²) in [5.74, 6) is 1.31. The van der Waals surface area contributed by atoms with Gasteiger partial charge in [0.25, 0.3) is 0 Å². The summed E-state index contributed by atoms with van der Waals surface area (Å²) in [6.45, 7) is 8.79. The van der Waals surface area contributed by atoms with Crippen LogP contribution < -0.4 is 20.9 Å². The van der Waals surface area contributed by atoms with Gasteiger partial charge in [0.2, 0.25) is 5.91 Å². The van der Waals surface area contributed by atoms with Gasteiger partial charge in [-0.25, -0.2) is 0 Å². The van der Waals surface area contributed by atoms with E-state index >= 15 is 0 Å². The van der Waals surface area contributed by atoms with Crippen LogP contribution in [0.25, 0.3) is 0 Å². The largest absolute Gasteiger partial charge is 0.372 e. The number of nitrogens with zero attached hydrogens (tertiary/aromatic N) is 2. The van der Waals surface area contributed by atoms with Crippen molar-refractivity contribution in [2.75, 3.05) is 37.6 Å². The van der Waals surface area contributed by atoms with Crippen LogP contribution in [0.1, 0.15) is 64.0 Å². The van der Waals surface area contributed by atoms with E-state index < -0.39 is 0 Å². The number of guanidine groups is 1. The highest BCUT2D eigenvalue weighted by Crippen LogP contribution is 2.26. The number of hydrogen-bond acceptors (Lipinski definition) is 3. The van der Waals surface area contributed by atoms with Crippen LogP contribution >= 0.6 is 0 Å². The third-order valence-corrected chi connectivity index (χ3v) is 5.92. The Bertz CT molecular complexity index is 680. The van der Waals surface area contributed by atoms with Crippen molar-refractivity contribution in [2.24, 2.45) is 10.9 Å². The molecule has 1 aromatic rings. The van der Waals surface area contributed by atoms with Gasteiger partial charge in [-0.05, 0) is 63.6 Å². The molecule has 29 heavy (non-hydrogen) atoms. The number of carbonyl (C=O) groups excluding carboxylic acids is 1. The average Bonchev–Trinajstić information content (AvgIpc) is 3.21. The van der Waals surface area contributed by atoms with Crippen molar-refractivity contribution in [1.29, 1.82) is 0 Å². The van der Waals surface area contributed by atoms with Crippen LogP contribution in [0.5, 0.6) is 0 Å². The Hall–Kier alpha value is -2.24. The number of amides is 1. The number of rotatable bonds is 9. The molecule has 1 unspecified atom stereocenters. The van der Waals surface area contributed by atoms with Gasteiger partial charge in [-0.3, -0.25) is 9.79 Å². The minimum absolute atomic E-state index is 0.175. The van der Waals surface area contributed by atoms with Crippen molar-refractivity contribution in [2.45, 2.75) is 58.4 Å². The zero-order chi connectivity index (χ0) is 20.5. The third-order valence-electron chi connectivity index (χ3n) is 5.92. The van der Waals surface area contributed by atoms with Gasteiger partial charge < -0.3 is 20.9 Å². The summed E-state index contributed by atoms with van der Waals surface area (Å²) in [6.07, 6.45) is 6.73. The lowest BCUT2D eigenvalue weighted by atomic mass is 9.85. The van der Waals surface area contributed by atoms with Crippen LogP contribution in [-0.4, -0.2) is 44.6 Å². The lowest BCUT2D eigenvalue weighted by Gasteiger charge is -2.24. The van der Waals surface area contributed by atoms with E-state index in [0.717, 1.165) is 44.9 Å². The molecular formula is C23H37N5O. The van der Waals surface area contributed by atoms with Crippen molar-refractivity contribution in [3.63, 3.8) is 0 Å². The van der Waals surface area contributed by atoms with Gasteiger partial charge in [0, 0.05) is 44.3 Å². The molecule has 0 radical (unpaired) electrons. The smallest absolute Gasteiger partial charge is 0.223 e. The summed E-state index contributed by atoms with van der Waals surface area (Å²) in [4.78, 5) is 19.0. The summed E-state index contributed by atoms with van der Waals surface area (Å²) in [5, 5.41) is 9.89. The molecule has 6 nitrogen and oxygen atoms in total. The first-order valence-corrected chi connectivity index (χ1v) is 11.3. The monoisotopic (exact) mass is 399 g/mol. The summed E-state index contributed by atoms with van der Waals surface area (Å²) in [5.41, 5.74) is 2.59. The van der Waals surface area contributed by atoms with Gasteiger partial charge in [0.1, 0.15) is 0 Å². The fraction of sp³-hybridized carbons (Fsp3) is 0.652. The quantitative estimate of drug-likeness (QED) is 0.339. The first-order valence-electron chi connectivity index (χ1n) is 11.3. The molecule has 1 amide bonds. The minimum Gasteiger partial charge on any atom is -0.372 e. The van der Waals surface area contributed by atoms with E-state index in [2.05, 4.69) is 64.0 Å². The van der Waals surface area contributed by atoms with Crippen LogP contribution in [-0.2, 0) is 4.79 Å². The third kappa shape index (κ3) is 6.38. The van der Waals surface area contributed by atoms with Gasteiger partial charge in [-0.1, -0.05) is 18.6 Å². The van der Waals surface area contributed by atoms with Crippen LogP contribution in [0.4, 0.5) is 5.69 Å². The fourth-order valence-electron chi connectivity index (χ4n) is 3.87. The zero-order valence-corrected chi connectivity index (χ0v) is 18.0. The van der Waals surface area contributed by atoms with Crippen molar-refractivity contribution in [1.82, 2.24) is 16.0 Å². The fourth-order valence-corrected chi connectivity index (χ4v) is 3.87. The second-order valence-corrected chi connectivity index (χ2v) is 8.19. The highest BCUT2D eigenvalue weighted by molar-refractivity contribution is 5.80. The molecule has 0 bridgehead atoms. The summed E-state index contributed by atoms with van der Waals surface area (Å²) >= 11 is 0. The Kier molecular flexibility index (Phi) is 8.20. The first-order chi connectivity index (χ1) is 14.2. The van der Waals surface area contributed by atoms with E-state index in [0.29, 0.717) is 13.1 Å². The Balaban J connectivity index is 1.47. The number of aliphatic imine (C=N–C) groups is 1. The van der Waals surface area contributed by atoms with E-state index in [4.69, 9.17) is 0 Å². The molecule has 1 aromatic carbocycles. The molecule has 160 valence electrons. The minimum atomic E-state index is 0.175. The van der Waals surface area contributed by atoms with Gasteiger partial charge in [-0.15, -0.1) is 0 Å². The van der Waals surface area contributed by atoms with E-state index in [9.17, 15) is 4.79 Å². The Morgan fingerprint density at radius 1 is 1.21 bits per heavy atom. The summed E-state index contributed by atoms with van der Waals surface area (Å²) < 4.78 is 0. The number of carbonyl (C=O) groups is 1. The Labute approximate surface area is 175 Å². The Morgan fingerprint density at radius 2 is 2.00 bits per heavy atom. The van der Waals surface area contributed by atoms with Crippen LogP contribution in [0.15, 0.2) is 29.3 Å². The molecular weight excluding hydrogens is 362 g/mol.